The van der Waals surface area contributed by atoms with E-state index in [1.807, 2.05) is 12.3 Å². The summed E-state index contributed by atoms with van der Waals surface area (Å²) in [5.74, 6) is -1.50. The quantitative estimate of drug-likeness (QED) is 0.861. The fourth-order valence-corrected chi connectivity index (χ4v) is 3.95. The molecule has 2 aliphatic heterocycles. The van der Waals surface area contributed by atoms with Gasteiger partial charge in [0.25, 0.3) is 0 Å². The molecule has 0 saturated carbocycles. The number of halogens is 2. The number of hydrogen-bond donors (Lipinski definition) is 0. The molecule has 2 aromatic rings. The van der Waals surface area contributed by atoms with Crippen LogP contribution in [0.2, 0.25) is 0 Å². The van der Waals surface area contributed by atoms with Crippen molar-refractivity contribution in [3.8, 4) is 0 Å². The summed E-state index contributed by atoms with van der Waals surface area (Å²) in [4.78, 5) is 6.30. The Morgan fingerprint density at radius 2 is 2.08 bits per heavy atom. The highest BCUT2D eigenvalue weighted by Crippen LogP contribution is 2.42. The van der Waals surface area contributed by atoms with Crippen molar-refractivity contribution in [2.75, 3.05) is 19.7 Å². The van der Waals surface area contributed by atoms with Gasteiger partial charge < -0.3 is 4.74 Å². The fourth-order valence-electron chi connectivity index (χ4n) is 3.95. The van der Waals surface area contributed by atoms with Gasteiger partial charge in [0.15, 0.2) is 11.6 Å². The number of hydrogen-bond acceptors (Lipinski definition) is 3. The van der Waals surface area contributed by atoms with E-state index in [4.69, 9.17) is 4.74 Å². The molecule has 1 aromatic heterocycles. The molecule has 0 aliphatic carbocycles. The van der Waals surface area contributed by atoms with Gasteiger partial charge in [-0.3, -0.25) is 9.88 Å². The van der Waals surface area contributed by atoms with Crippen LogP contribution in [0.5, 0.6) is 0 Å². The molecule has 1 aromatic carbocycles. The van der Waals surface area contributed by atoms with Crippen LogP contribution in [0.4, 0.5) is 8.78 Å². The number of nitrogens with zero attached hydrogens (tertiary/aromatic N) is 2. The summed E-state index contributed by atoms with van der Waals surface area (Å²) >= 11 is 0. The molecule has 126 valence electrons. The topological polar surface area (TPSA) is 25.4 Å². The molecule has 0 amide bonds. The first-order valence-corrected chi connectivity index (χ1v) is 8.29. The van der Waals surface area contributed by atoms with Crippen molar-refractivity contribution >= 4 is 0 Å². The molecule has 0 N–H and O–H groups in total. The van der Waals surface area contributed by atoms with Gasteiger partial charge >= 0.3 is 0 Å². The Kier molecular flexibility index (Phi) is 4.06. The van der Waals surface area contributed by atoms with E-state index in [1.165, 1.54) is 5.56 Å². The lowest BCUT2D eigenvalue weighted by molar-refractivity contribution is -0.0147. The number of benzene rings is 1. The van der Waals surface area contributed by atoms with Gasteiger partial charge in [-0.1, -0.05) is 18.2 Å². The van der Waals surface area contributed by atoms with E-state index < -0.39 is 11.6 Å². The van der Waals surface area contributed by atoms with E-state index in [9.17, 15) is 8.78 Å². The number of pyridine rings is 1. The smallest absolute Gasteiger partial charge is 0.163 e. The molecular weight excluding hydrogens is 310 g/mol. The molecule has 1 spiro atoms. The van der Waals surface area contributed by atoms with Gasteiger partial charge in [0, 0.05) is 49.4 Å². The molecule has 5 heteroatoms. The second kappa shape index (κ2) is 6.22. The maximum Gasteiger partial charge on any atom is 0.163 e. The molecular formula is C19H20F2N2O. The van der Waals surface area contributed by atoms with Crippen LogP contribution >= 0.6 is 0 Å². The van der Waals surface area contributed by atoms with Gasteiger partial charge in [-0.05, 0) is 24.1 Å². The SMILES string of the molecule is Fc1cccc(CN2CC3(COC(Cc4cccnc4)C3)C2)c1F. The average Bonchev–Trinajstić information content (AvgIpc) is 2.96. The van der Waals surface area contributed by atoms with Crippen LogP contribution in [0.25, 0.3) is 0 Å². The third-order valence-corrected chi connectivity index (χ3v) is 5.02. The highest BCUT2D eigenvalue weighted by atomic mass is 19.2. The summed E-state index contributed by atoms with van der Waals surface area (Å²) in [7, 11) is 0. The molecule has 2 aliphatic rings. The third kappa shape index (κ3) is 3.06. The molecule has 3 nitrogen and oxygen atoms in total. The molecule has 4 rings (SSSR count). The van der Waals surface area contributed by atoms with Gasteiger partial charge in [-0.15, -0.1) is 0 Å². The standard InChI is InChI=1S/C19H20F2N2O/c20-17-5-1-4-15(18(17)21)10-23-11-19(12-23)8-16(24-13-19)7-14-3-2-6-22-9-14/h1-6,9,16H,7-8,10-13H2. The monoisotopic (exact) mass is 330 g/mol. The van der Waals surface area contributed by atoms with Crippen LogP contribution in [0.15, 0.2) is 42.7 Å². The maximum atomic E-state index is 13.8. The number of rotatable bonds is 4. The Hall–Kier alpha value is -1.85. The van der Waals surface area contributed by atoms with Gasteiger partial charge in [0.05, 0.1) is 12.7 Å². The second-order valence-corrected chi connectivity index (χ2v) is 7.06. The van der Waals surface area contributed by atoms with Crippen LogP contribution < -0.4 is 0 Å². The second-order valence-electron chi connectivity index (χ2n) is 7.06. The summed E-state index contributed by atoms with van der Waals surface area (Å²) in [5.41, 5.74) is 1.80. The molecule has 1 unspecified atom stereocenters. The van der Waals surface area contributed by atoms with Crippen LogP contribution in [0.3, 0.4) is 0 Å². The van der Waals surface area contributed by atoms with Crippen molar-refractivity contribution in [1.82, 2.24) is 9.88 Å². The van der Waals surface area contributed by atoms with Crippen LogP contribution in [0.1, 0.15) is 17.5 Å². The highest BCUT2D eigenvalue weighted by Gasteiger charge is 2.48. The van der Waals surface area contributed by atoms with Crippen LogP contribution in [0, 0.1) is 17.0 Å². The van der Waals surface area contributed by atoms with E-state index >= 15 is 0 Å². The highest BCUT2D eigenvalue weighted by molar-refractivity contribution is 5.20. The Balaban J connectivity index is 1.32. The third-order valence-electron chi connectivity index (χ3n) is 5.02. The van der Waals surface area contributed by atoms with Crippen molar-refractivity contribution in [3.63, 3.8) is 0 Å². The zero-order valence-electron chi connectivity index (χ0n) is 13.4. The van der Waals surface area contributed by atoms with Crippen molar-refractivity contribution < 1.29 is 13.5 Å². The minimum atomic E-state index is -0.775. The molecule has 24 heavy (non-hydrogen) atoms. The van der Waals surface area contributed by atoms with Crippen molar-refractivity contribution in [2.24, 2.45) is 5.41 Å². The summed E-state index contributed by atoms with van der Waals surface area (Å²) in [6.07, 6.45) is 5.78. The first-order chi connectivity index (χ1) is 11.6. The first kappa shape index (κ1) is 15.7. The van der Waals surface area contributed by atoms with E-state index in [1.54, 1.807) is 18.3 Å². The van der Waals surface area contributed by atoms with E-state index in [-0.39, 0.29) is 11.5 Å². The lowest BCUT2D eigenvalue weighted by Crippen LogP contribution is -2.56. The summed E-state index contributed by atoms with van der Waals surface area (Å²) < 4.78 is 33.0. The Morgan fingerprint density at radius 1 is 1.21 bits per heavy atom. The average molecular weight is 330 g/mol. The van der Waals surface area contributed by atoms with Gasteiger partial charge in [0.1, 0.15) is 0 Å². The maximum absolute atomic E-state index is 13.8. The minimum absolute atomic E-state index is 0.177. The molecule has 0 radical (unpaired) electrons. The van der Waals surface area contributed by atoms with Gasteiger partial charge in [-0.25, -0.2) is 8.78 Å². The molecule has 2 saturated heterocycles. The summed E-state index contributed by atoms with van der Waals surface area (Å²) in [6.45, 7) is 2.97. The predicted octanol–water partition coefficient (Wildman–Crippen LogP) is 3.19. The number of likely N-dealkylation sites (tertiary alicyclic amines) is 1. The fraction of sp³-hybridized carbons (Fsp3) is 0.421. The molecule has 2 fully saturated rings. The summed E-state index contributed by atoms with van der Waals surface area (Å²) in [5, 5.41) is 0. The van der Waals surface area contributed by atoms with E-state index in [2.05, 4.69) is 16.0 Å². The zero-order valence-corrected chi connectivity index (χ0v) is 13.4. The zero-order chi connectivity index (χ0) is 16.6. The lowest BCUT2D eigenvalue weighted by Gasteiger charge is -2.47. The molecule has 1 atom stereocenters. The predicted molar refractivity (Wildman–Crippen MR) is 86.4 cm³/mol. The Labute approximate surface area is 140 Å². The normalized spacial score (nSPS) is 22.7. The van der Waals surface area contributed by atoms with Crippen LogP contribution in [-0.2, 0) is 17.7 Å². The lowest BCUT2D eigenvalue weighted by atomic mass is 9.77. The first-order valence-electron chi connectivity index (χ1n) is 8.29. The van der Waals surface area contributed by atoms with E-state index in [0.717, 1.165) is 38.6 Å². The van der Waals surface area contributed by atoms with Crippen LogP contribution in [-0.4, -0.2) is 35.7 Å². The van der Waals surface area contributed by atoms with E-state index in [0.29, 0.717) is 12.1 Å². The molecule has 3 heterocycles. The largest absolute Gasteiger partial charge is 0.377 e. The van der Waals surface area contributed by atoms with Gasteiger partial charge in [-0.2, -0.15) is 0 Å². The molecule has 0 bridgehead atoms. The Bertz CT molecular complexity index is 717. The minimum Gasteiger partial charge on any atom is -0.377 e. The van der Waals surface area contributed by atoms with Crippen molar-refractivity contribution in [2.45, 2.75) is 25.5 Å². The summed E-state index contributed by atoms with van der Waals surface area (Å²) in [6, 6.07) is 8.38. The van der Waals surface area contributed by atoms with Gasteiger partial charge in [0.2, 0.25) is 0 Å². The number of ether oxygens (including phenoxy) is 1. The van der Waals surface area contributed by atoms with Crippen molar-refractivity contribution in [1.29, 1.82) is 0 Å². The Morgan fingerprint density at radius 3 is 2.88 bits per heavy atom. The van der Waals surface area contributed by atoms with Crippen molar-refractivity contribution in [3.05, 3.63) is 65.5 Å². The number of aromatic nitrogens is 1.